The molecule has 0 aliphatic carbocycles. The van der Waals surface area contributed by atoms with Crippen molar-refractivity contribution >= 4 is 39.9 Å². The molecule has 146 valence electrons. The smallest absolute Gasteiger partial charge is 0.255 e. The first kappa shape index (κ1) is 18.4. The van der Waals surface area contributed by atoms with Crippen molar-refractivity contribution < 1.29 is 14.4 Å². The number of para-hydroxylation sites is 1. The summed E-state index contributed by atoms with van der Waals surface area (Å²) >= 11 is 1.35. The number of amides is 3. The third-order valence-corrected chi connectivity index (χ3v) is 5.90. The van der Waals surface area contributed by atoms with Gasteiger partial charge in [0.15, 0.2) is 5.13 Å². The van der Waals surface area contributed by atoms with E-state index in [0.717, 1.165) is 11.4 Å². The second-order valence-electron chi connectivity index (χ2n) is 7.11. The zero-order valence-corrected chi connectivity index (χ0v) is 16.3. The number of hydrogen-bond donors (Lipinski definition) is 3. The topological polar surface area (TPSA) is 103 Å². The van der Waals surface area contributed by atoms with Crippen molar-refractivity contribution in [3.63, 3.8) is 0 Å². The maximum absolute atomic E-state index is 12.6. The minimum atomic E-state index is -0.682. The standard InChI is InChI=1S/C19H21N5O3S/c1-12-11-28-18(20-12)21-15(25)10-24-9-8-19(7-6-16(24)26)22-14-5-3-2-4-13(14)17(27)23-19/h2-5,11,22H,6-10H2,1H3,(H,23,27)(H,20,21,25). The Morgan fingerprint density at radius 1 is 1.29 bits per heavy atom. The fourth-order valence-electron chi connectivity index (χ4n) is 3.58. The number of rotatable bonds is 3. The largest absolute Gasteiger partial charge is 0.362 e. The van der Waals surface area contributed by atoms with E-state index in [0.29, 0.717) is 30.1 Å². The van der Waals surface area contributed by atoms with Gasteiger partial charge >= 0.3 is 0 Å². The van der Waals surface area contributed by atoms with Crippen LogP contribution in [-0.2, 0) is 9.59 Å². The predicted octanol–water partition coefficient (Wildman–Crippen LogP) is 1.95. The van der Waals surface area contributed by atoms with Crippen molar-refractivity contribution in [2.24, 2.45) is 0 Å². The second-order valence-corrected chi connectivity index (χ2v) is 7.97. The van der Waals surface area contributed by atoms with Crippen LogP contribution in [0.2, 0.25) is 0 Å². The molecule has 3 heterocycles. The first-order valence-electron chi connectivity index (χ1n) is 9.14. The van der Waals surface area contributed by atoms with Gasteiger partial charge in [0, 0.05) is 30.5 Å². The Balaban J connectivity index is 1.43. The van der Waals surface area contributed by atoms with E-state index in [-0.39, 0.29) is 30.7 Å². The minimum absolute atomic E-state index is 0.0297. The lowest BCUT2D eigenvalue weighted by atomic mass is 9.95. The van der Waals surface area contributed by atoms with Crippen molar-refractivity contribution in [3.05, 3.63) is 40.9 Å². The van der Waals surface area contributed by atoms with E-state index in [2.05, 4.69) is 20.9 Å². The van der Waals surface area contributed by atoms with E-state index in [9.17, 15) is 14.4 Å². The number of benzene rings is 1. The number of aryl methyl sites for hydroxylation is 1. The summed E-state index contributed by atoms with van der Waals surface area (Å²) in [5.41, 5.74) is 1.52. The van der Waals surface area contributed by atoms with Gasteiger partial charge in [-0.05, 0) is 25.5 Å². The number of aromatic nitrogens is 1. The maximum Gasteiger partial charge on any atom is 0.255 e. The Morgan fingerprint density at radius 3 is 2.89 bits per heavy atom. The van der Waals surface area contributed by atoms with Crippen molar-refractivity contribution in [2.45, 2.75) is 31.8 Å². The molecule has 1 spiro atoms. The van der Waals surface area contributed by atoms with Gasteiger partial charge < -0.3 is 20.9 Å². The molecule has 3 amide bonds. The Labute approximate surface area is 166 Å². The molecule has 28 heavy (non-hydrogen) atoms. The fourth-order valence-corrected chi connectivity index (χ4v) is 4.28. The molecule has 2 aromatic rings. The monoisotopic (exact) mass is 399 g/mol. The van der Waals surface area contributed by atoms with E-state index in [4.69, 9.17) is 0 Å². The Kier molecular flexibility index (Phi) is 4.76. The number of fused-ring (bicyclic) bond motifs is 1. The summed E-state index contributed by atoms with van der Waals surface area (Å²) in [5, 5.41) is 11.5. The maximum atomic E-state index is 12.6. The number of hydrogen-bond acceptors (Lipinski definition) is 6. The number of nitrogens with zero attached hydrogens (tertiary/aromatic N) is 2. The summed E-state index contributed by atoms with van der Waals surface area (Å²) in [5.74, 6) is -0.519. The van der Waals surface area contributed by atoms with Crippen molar-refractivity contribution in [1.29, 1.82) is 0 Å². The molecule has 0 radical (unpaired) electrons. The van der Waals surface area contributed by atoms with Gasteiger partial charge in [0.25, 0.3) is 5.91 Å². The summed E-state index contributed by atoms with van der Waals surface area (Å²) in [6.07, 6.45) is 1.23. The van der Waals surface area contributed by atoms with Crippen molar-refractivity contribution in [3.8, 4) is 0 Å². The predicted molar refractivity (Wildman–Crippen MR) is 106 cm³/mol. The van der Waals surface area contributed by atoms with Crippen molar-refractivity contribution in [1.82, 2.24) is 15.2 Å². The third kappa shape index (κ3) is 3.70. The third-order valence-electron chi connectivity index (χ3n) is 5.03. The van der Waals surface area contributed by atoms with Gasteiger partial charge in [-0.1, -0.05) is 12.1 Å². The molecule has 1 aromatic heterocycles. The van der Waals surface area contributed by atoms with Gasteiger partial charge in [0.05, 0.1) is 17.8 Å². The molecular weight excluding hydrogens is 378 g/mol. The van der Waals surface area contributed by atoms with Crippen LogP contribution in [-0.4, -0.2) is 46.4 Å². The molecule has 9 heteroatoms. The second kappa shape index (κ2) is 7.23. The lowest BCUT2D eigenvalue weighted by Gasteiger charge is -2.39. The zero-order valence-electron chi connectivity index (χ0n) is 15.4. The number of anilines is 2. The lowest BCUT2D eigenvalue weighted by molar-refractivity contribution is -0.134. The highest BCUT2D eigenvalue weighted by atomic mass is 32.1. The fraction of sp³-hybridized carbons (Fsp3) is 0.368. The molecule has 8 nitrogen and oxygen atoms in total. The zero-order chi connectivity index (χ0) is 19.7. The van der Waals surface area contributed by atoms with E-state index >= 15 is 0 Å². The van der Waals surface area contributed by atoms with Crippen LogP contribution in [0.15, 0.2) is 29.6 Å². The van der Waals surface area contributed by atoms with Gasteiger partial charge in [-0.3, -0.25) is 14.4 Å². The molecule has 0 saturated carbocycles. The minimum Gasteiger partial charge on any atom is -0.362 e. The molecule has 1 atom stereocenters. The number of carbonyl (C=O) groups excluding carboxylic acids is 3. The van der Waals surface area contributed by atoms with Crippen LogP contribution >= 0.6 is 11.3 Å². The number of nitrogens with one attached hydrogen (secondary N) is 3. The SMILES string of the molecule is Cc1csc(NC(=O)CN2CCC3(CCC2=O)NC(=O)c2ccccc2N3)n1. The van der Waals surface area contributed by atoms with E-state index in [1.807, 2.05) is 30.5 Å². The molecule has 1 aromatic carbocycles. The van der Waals surface area contributed by atoms with E-state index in [1.54, 1.807) is 11.0 Å². The van der Waals surface area contributed by atoms with Gasteiger partial charge in [-0.2, -0.15) is 0 Å². The molecule has 2 aliphatic heterocycles. The van der Waals surface area contributed by atoms with Crippen molar-refractivity contribution in [2.75, 3.05) is 23.7 Å². The van der Waals surface area contributed by atoms with Gasteiger partial charge in [-0.15, -0.1) is 11.3 Å². The quantitative estimate of drug-likeness (QED) is 0.732. The number of carbonyl (C=O) groups is 3. The number of likely N-dealkylation sites (tertiary alicyclic amines) is 1. The molecule has 3 N–H and O–H groups in total. The van der Waals surface area contributed by atoms with Crippen LogP contribution in [0.25, 0.3) is 0 Å². The summed E-state index contributed by atoms with van der Waals surface area (Å²) in [6.45, 7) is 2.20. The summed E-state index contributed by atoms with van der Waals surface area (Å²) in [7, 11) is 0. The highest BCUT2D eigenvalue weighted by Gasteiger charge is 2.40. The highest BCUT2D eigenvalue weighted by molar-refractivity contribution is 7.13. The first-order chi connectivity index (χ1) is 13.4. The summed E-state index contributed by atoms with van der Waals surface area (Å²) in [4.78, 5) is 43.1. The van der Waals surface area contributed by atoms with Crippen LogP contribution in [0, 0.1) is 6.92 Å². The van der Waals surface area contributed by atoms with Gasteiger partial charge in [0.1, 0.15) is 5.66 Å². The lowest BCUT2D eigenvalue weighted by Crippen LogP contribution is -2.58. The van der Waals surface area contributed by atoms with Crippen LogP contribution in [0.3, 0.4) is 0 Å². The van der Waals surface area contributed by atoms with Gasteiger partial charge in [0.2, 0.25) is 11.8 Å². The molecule has 2 aliphatic rings. The Hall–Kier alpha value is -2.94. The Bertz CT molecular complexity index is 943. The van der Waals surface area contributed by atoms with Crippen LogP contribution in [0.1, 0.15) is 35.3 Å². The number of thiazole rings is 1. The van der Waals surface area contributed by atoms with Gasteiger partial charge in [-0.25, -0.2) is 4.98 Å². The molecule has 1 fully saturated rings. The van der Waals surface area contributed by atoms with Crippen LogP contribution < -0.4 is 16.0 Å². The van der Waals surface area contributed by atoms with E-state index in [1.165, 1.54) is 11.3 Å². The highest BCUT2D eigenvalue weighted by Crippen LogP contribution is 2.31. The molecule has 1 unspecified atom stereocenters. The first-order valence-corrected chi connectivity index (χ1v) is 10.0. The van der Waals surface area contributed by atoms with Crippen LogP contribution in [0.5, 0.6) is 0 Å². The normalized spacial score (nSPS) is 21.5. The molecule has 0 bridgehead atoms. The molecular formula is C19H21N5O3S. The average Bonchev–Trinajstić information content (AvgIpc) is 3.01. The summed E-state index contributed by atoms with van der Waals surface area (Å²) < 4.78 is 0. The Morgan fingerprint density at radius 2 is 2.11 bits per heavy atom. The molecule has 1 saturated heterocycles. The average molecular weight is 399 g/mol. The van der Waals surface area contributed by atoms with E-state index < -0.39 is 5.66 Å². The van der Waals surface area contributed by atoms with Crippen LogP contribution in [0.4, 0.5) is 10.8 Å². The molecule has 4 rings (SSSR count). The summed E-state index contributed by atoms with van der Waals surface area (Å²) in [6, 6.07) is 7.32.